The third kappa shape index (κ3) is 3.70. The highest BCUT2D eigenvalue weighted by Gasteiger charge is 2.13. The lowest BCUT2D eigenvalue weighted by molar-refractivity contribution is 0.0939. The molecule has 2 rings (SSSR count). The van der Waals surface area contributed by atoms with Crippen LogP contribution in [0.5, 0.6) is 0 Å². The maximum Gasteiger partial charge on any atom is 0.252 e. The molecule has 0 fully saturated rings. The van der Waals surface area contributed by atoms with Gasteiger partial charge < -0.3 is 5.32 Å². The Labute approximate surface area is 135 Å². The topological polar surface area (TPSA) is 29.1 Å². The lowest BCUT2D eigenvalue weighted by Gasteiger charge is -2.15. The Kier molecular flexibility index (Phi) is 5.00. The minimum absolute atomic E-state index is 0.0334. The summed E-state index contributed by atoms with van der Waals surface area (Å²) in [5, 5.41) is 3.02. The molecule has 0 aliphatic carbocycles. The molecule has 20 heavy (non-hydrogen) atoms. The molecule has 0 heterocycles. The number of nitrogens with one attached hydrogen (secondary N) is 1. The lowest BCUT2D eigenvalue weighted by atomic mass is 10.1. The third-order valence-electron chi connectivity index (χ3n) is 3.16. The fraction of sp³-hybridized carbons (Fsp3) is 0.188. The van der Waals surface area contributed by atoms with Crippen molar-refractivity contribution in [3.63, 3.8) is 0 Å². The lowest BCUT2D eigenvalue weighted by Crippen LogP contribution is -2.27. The number of carbonyl (C=O) groups excluding carboxylic acids is 1. The van der Waals surface area contributed by atoms with Gasteiger partial charge in [-0.15, -0.1) is 0 Å². The zero-order valence-electron chi connectivity index (χ0n) is 11.3. The highest BCUT2D eigenvalue weighted by atomic mass is 79.9. The Hall–Kier alpha value is -1.13. The molecule has 0 saturated carbocycles. The van der Waals surface area contributed by atoms with Crippen LogP contribution in [-0.4, -0.2) is 5.91 Å². The summed E-state index contributed by atoms with van der Waals surface area (Å²) in [6.07, 6.45) is 0. The van der Waals surface area contributed by atoms with Crippen LogP contribution in [0, 0.1) is 6.92 Å². The van der Waals surface area contributed by atoms with Crippen molar-refractivity contribution in [1.29, 1.82) is 0 Å². The molecule has 104 valence electrons. The van der Waals surface area contributed by atoms with Gasteiger partial charge in [0.2, 0.25) is 0 Å². The van der Waals surface area contributed by atoms with Gasteiger partial charge in [0.1, 0.15) is 0 Å². The van der Waals surface area contributed by atoms with Crippen molar-refractivity contribution in [2.24, 2.45) is 0 Å². The van der Waals surface area contributed by atoms with Crippen molar-refractivity contribution in [3.8, 4) is 0 Å². The summed E-state index contributed by atoms with van der Waals surface area (Å²) in [7, 11) is 0. The standard InChI is InChI=1S/C16H15Br2NO/c1-10-3-6-14(18)9-15(10)16(20)19-11(2)12-4-7-13(17)8-5-12/h3-9,11H,1-2H3,(H,19,20)/t11-/m0/s1. The molecule has 2 aromatic rings. The highest BCUT2D eigenvalue weighted by Crippen LogP contribution is 2.19. The smallest absolute Gasteiger partial charge is 0.252 e. The summed E-state index contributed by atoms with van der Waals surface area (Å²) >= 11 is 6.81. The molecule has 2 aromatic carbocycles. The van der Waals surface area contributed by atoms with Crippen LogP contribution in [0.25, 0.3) is 0 Å². The summed E-state index contributed by atoms with van der Waals surface area (Å²) < 4.78 is 1.94. The van der Waals surface area contributed by atoms with Gasteiger partial charge >= 0.3 is 0 Å². The van der Waals surface area contributed by atoms with Crippen LogP contribution in [-0.2, 0) is 0 Å². The molecule has 0 bridgehead atoms. The number of hydrogen-bond donors (Lipinski definition) is 1. The van der Waals surface area contributed by atoms with Crippen molar-refractivity contribution in [2.45, 2.75) is 19.9 Å². The van der Waals surface area contributed by atoms with Crippen LogP contribution >= 0.6 is 31.9 Å². The fourth-order valence-corrected chi connectivity index (χ4v) is 2.57. The summed E-state index contributed by atoms with van der Waals surface area (Å²) in [5.41, 5.74) is 2.74. The summed E-state index contributed by atoms with van der Waals surface area (Å²) in [6.45, 7) is 3.92. The fourth-order valence-electron chi connectivity index (χ4n) is 1.95. The average Bonchev–Trinajstić information content (AvgIpc) is 2.42. The van der Waals surface area contributed by atoms with E-state index in [9.17, 15) is 4.79 Å². The molecule has 0 aromatic heterocycles. The van der Waals surface area contributed by atoms with Gasteiger partial charge in [-0.1, -0.05) is 50.1 Å². The number of amides is 1. The predicted molar refractivity (Wildman–Crippen MR) is 88.9 cm³/mol. The maximum atomic E-state index is 12.3. The first kappa shape index (κ1) is 15.3. The first-order chi connectivity index (χ1) is 9.47. The van der Waals surface area contributed by atoms with E-state index >= 15 is 0 Å². The molecule has 1 N–H and O–H groups in total. The Bertz CT molecular complexity index is 623. The zero-order chi connectivity index (χ0) is 14.7. The van der Waals surface area contributed by atoms with Crippen molar-refractivity contribution < 1.29 is 4.79 Å². The van der Waals surface area contributed by atoms with Gasteiger partial charge in [-0.3, -0.25) is 4.79 Å². The minimum atomic E-state index is -0.0563. The largest absolute Gasteiger partial charge is 0.346 e. The van der Waals surface area contributed by atoms with Crippen LogP contribution in [0.2, 0.25) is 0 Å². The number of benzene rings is 2. The molecular formula is C16H15Br2NO. The van der Waals surface area contributed by atoms with E-state index in [1.165, 1.54) is 0 Å². The first-order valence-electron chi connectivity index (χ1n) is 6.30. The molecule has 1 amide bonds. The van der Waals surface area contributed by atoms with E-state index in [1.54, 1.807) is 0 Å². The van der Waals surface area contributed by atoms with Crippen LogP contribution < -0.4 is 5.32 Å². The Morgan fingerprint density at radius 2 is 1.65 bits per heavy atom. The first-order valence-corrected chi connectivity index (χ1v) is 7.88. The number of aryl methyl sites for hydroxylation is 1. The molecule has 0 aliphatic rings. The summed E-state index contributed by atoms with van der Waals surface area (Å²) in [5.74, 6) is -0.0563. The Morgan fingerprint density at radius 3 is 2.30 bits per heavy atom. The van der Waals surface area contributed by atoms with E-state index in [0.29, 0.717) is 5.56 Å². The molecule has 2 nitrogen and oxygen atoms in total. The van der Waals surface area contributed by atoms with Crippen LogP contribution in [0.1, 0.15) is 34.5 Å². The van der Waals surface area contributed by atoms with Gasteiger partial charge in [0.15, 0.2) is 0 Å². The molecule has 0 unspecified atom stereocenters. The van der Waals surface area contributed by atoms with E-state index in [0.717, 1.165) is 20.1 Å². The second-order valence-corrected chi connectivity index (χ2v) is 6.54. The average molecular weight is 397 g/mol. The van der Waals surface area contributed by atoms with E-state index in [1.807, 2.05) is 56.3 Å². The molecule has 4 heteroatoms. The van der Waals surface area contributed by atoms with Crippen molar-refractivity contribution in [2.75, 3.05) is 0 Å². The number of halogens is 2. The molecule has 0 aliphatic heterocycles. The van der Waals surface area contributed by atoms with E-state index in [2.05, 4.69) is 37.2 Å². The minimum Gasteiger partial charge on any atom is -0.346 e. The quantitative estimate of drug-likeness (QED) is 0.775. The van der Waals surface area contributed by atoms with Crippen molar-refractivity contribution in [3.05, 3.63) is 68.1 Å². The molecule has 1 atom stereocenters. The second-order valence-electron chi connectivity index (χ2n) is 4.71. The summed E-state index contributed by atoms with van der Waals surface area (Å²) in [6, 6.07) is 13.6. The van der Waals surface area contributed by atoms with Gasteiger partial charge in [-0.2, -0.15) is 0 Å². The third-order valence-corrected chi connectivity index (χ3v) is 4.18. The van der Waals surface area contributed by atoms with Crippen molar-refractivity contribution >= 4 is 37.8 Å². The second kappa shape index (κ2) is 6.55. The van der Waals surface area contributed by atoms with Crippen LogP contribution in [0.15, 0.2) is 51.4 Å². The monoisotopic (exact) mass is 395 g/mol. The molecule has 0 radical (unpaired) electrons. The highest BCUT2D eigenvalue weighted by molar-refractivity contribution is 9.10. The predicted octanol–water partition coefficient (Wildman–Crippen LogP) is 5.01. The van der Waals surface area contributed by atoms with Crippen LogP contribution in [0.3, 0.4) is 0 Å². The number of carbonyl (C=O) groups is 1. The van der Waals surface area contributed by atoms with Gasteiger partial charge in [0.05, 0.1) is 6.04 Å². The molecular weight excluding hydrogens is 382 g/mol. The molecule has 0 saturated heterocycles. The number of hydrogen-bond acceptors (Lipinski definition) is 1. The van der Waals surface area contributed by atoms with E-state index in [4.69, 9.17) is 0 Å². The summed E-state index contributed by atoms with van der Waals surface area (Å²) in [4.78, 5) is 12.3. The Balaban J connectivity index is 2.15. The Morgan fingerprint density at radius 1 is 1.05 bits per heavy atom. The normalized spacial score (nSPS) is 12.0. The number of rotatable bonds is 3. The zero-order valence-corrected chi connectivity index (χ0v) is 14.5. The van der Waals surface area contributed by atoms with Gasteiger partial charge in [0, 0.05) is 14.5 Å². The SMILES string of the molecule is Cc1ccc(Br)cc1C(=O)N[C@@H](C)c1ccc(Br)cc1. The van der Waals surface area contributed by atoms with E-state index < -0.39 is 0 Å². The van der Waals surface area contributed by atoms with Gasteiger partial charge in [-0.25, -0.2) is 0 Å². The van der Waals surface area contributed by atoms with Crippen molar-refractivity contribution in [1.82, 2.24) is 5.32 Å². The van der Waals surface area contributed by atoms with Gasteiger partial charge in [-0.05, 0) is 49.2 Å². The van der Waals surface area contributed by atoms with Crippen LogP contribution in [0.4, 0.5) is 0 Å². The van der Waals surface area contributed by atoms with Gasteiger partial charge in [0.25, 0.3) is 5.91 Å². The maximum absolute atomic E-state index is 12.3. The molecule has 0 spiro atoms. The van der Waals surface area contributed by atoms with E-state index in [-0.39, 0.29) is 11.9 Å².